The molecule has 3 rings (SSSR count). The Bertz CT molecular complexity index is 695. The number of benzene rings is 1. The Morgan fingerprint density at radius 1 is 1.28 bits per heavy atom. The smallest absolute Gasteiger partial charge is 0.370 e. The van der Waals surface area contributed by atoms with Gasteiger partial charge >= 0.3 is 6.18 Å². The molecule has 2 heterocycles. The van der Waals surface area contributed by atoms with E-state index in [1.807, 2.05) is 0 Å². The zero-order valence-corrected chi connectivity index (χ0v) is 17.2. The molecule has 1 aromatic rings. The first-order valence-corrected chi connectivity index (χ1v) is 10.4. The van der Waals surface area contributed by atoms with Crippen LogP contribution in [0.3, 0.4) is 0 Å². The zero-order chi connectivity index (χ0) is 20.9. The third-order valence-corrected chi connectivity index (χ3v) is 5.62. The molecule has 0 saturated carbocycles. The second-order valence-electron chi connectivity index (χ2n) is 7.81. The van der Waals surface area contributed by atoms with E-state index in [-0.39, 0.29) is 0 Å². The van der Waals surface area contributed by atoms with Crippen LogP contribution in [0.5, 0.6) is 0 Å². The Labute approximate surface area is 170 Å². The second-order valence-corrected chi connectivity index (χ2v) is 7.81. The average molecular weight is 413 g/mol. The monoisotopic (exact) mass is 412 g/mol. The van der Waals surface area contributed by atoms with Crippen LogP contribution < -0.4 is 5.32 Å². The summed E-state index contributed by atoms with van der Waals surface area (Å²) >= 11 is 0. The van der Waals surface area contributed by atoms with Crippen LogP contribution in [0.15, 0.2) is 29.3 Å². The first kappa shape index (κ1) is 21.9. The molecule has 0 radical (unpaired) electrons. The maximum atomic E-state index is 13.0. The van der Waals surface area contributed by atoms with Crippen LogP contribution in [-0.2, 0) is 10.9 Å². The summed E-state index contributed by atoms with van der Waals surface area (Å²) in [6.45, 7) is 8.06. The summed E-state index contributed by atoms with van der Waals surface area (Å²) in [5, 5.41) is 3.47. The fraction of sp³-hybridized carbons (Fsp3) is 0.667. The Hall–Kier alpha value is -1.80. The lowest BCUT2D eigenvalue weighted by molar-refractivity contribution is -0.137. The van der Waals surface area contributed by atoms with Crippen LogP contribution in [0.2, 0.25) is 0 Å². The number of morpholine rings is 1. The molecule has 2 atom stereocenters. The third-order valence-electron chi connectivity index (χ3n) is 5.62. The fourth-order valence-electron chi connectivity index (χ4n) is 4.13. The zero-order valence-electron chi connectivity index (χ0n) is 17.2. The summed E-state index contributed by atoms with van der Waals surface area (Å²) in [6.07, 6.45) is -2.40. The van der Waals surface area contributed by atoms with E-state index in [2.05, 4.69) is 27.0 Å². The third kappa shape index (κ3) is 5.85. The Balaban J connectivity index is 1.58. The van der Waals surface area contributed by atoms with E-state index in [4.69, 9.17) is 4.74 Å². The molecule has 2 saturated heterocycles. The number of alkyl halides is 3. The van der Waals surface area contributed by atoms with Gasteiger partial charge in [-0.1, -0.05) is 19.1 Å². The number of halogens is 3. The highest BCUT2D eigenvalue weighted by molar-refractivity contribution is 5.80. The predicted octanol–water partition coefficient (Wildman–Crippen LogP) is 3.39. The molecule has 8 heteroatoms. The van der Waals surface area contributed by atoms with Crippen molar-refractivity contribution in [3.63, 3.8) is 0 Å². The Kier molecular flexibility index (Phi) is 7.40. The van der Waals surface area contributed by atoms with Gasteiger partial charge in [-0.25, -0.2) is 0 Å². The van der Waals surface area contributed by atoms with Crippen molar-refractivity contribution in [1.82, 2.24) is 15.1 Å². The summed E-state index contributed by atoms with van der Waals surface area (Å²) < 4.78 is 44.9. The van der Waals surface area contributed by atoms with E-state index in [9.17, 15) is 13.2 Å². The molecule has 1 aromatic carbocycles. The fourth-order valence-corrected chi connectivity index (χ4v) is 4.13. The number of hydrogen-bond donors (Lipinski definition) is 1. The Morgan fingerprint density at radius 2 is 2.10 bits per heavy atom. The number of hydrogen-bond acceptors (Lipinski definition) is 3. The van der Waals surface area contributed by atoms with Gasteiger partial charge in [0.2, 0.25) is 0 Å². The highest BCUT2D eigenvalue weighted by Gasteiger charge is 2.32. The average Bonchev–Trinajstić information content (AvgIpc) is 3.16. The second kappa shape index (κ2) is 9.80. The molecule has 1 N–H and O–H groups in total. The van der Waals surface area contributed by atoms with Gasteiger partial charge in [-0.05, 0) is 49.5 Å². The summed E-state index contributed by atoms with van der Waals surface area (Å²) in [5.74, 6) is 1.39. The van der Waals surface area contributed by atoms with Crippen molar-refractivity contribution in [2.24, 2.45) is 10.9 Å². The number of rotatable bonds is 5. The molecule has 0 bridgehead atoms. The van der Waals surface area contributed by atoms with Crippen LogP contribution in [0.1, 0.15) is 37.0 Å². The van der Waals surface area contributed by atoms with E-state index in [0.29, 0.717) is 31.2 Å². The number of guanidine groups is 1. The molecule has 2 aliphatic heterocycles. The van der Waals surface area contributed by atoms with Crippen molar-refractivity contribution in [2.75, 3.05) is 52.9 Å². The summed E-state index contributed by atoms with van der Waals surface area (Å²) in [5.41, 5.74) is -0.0953. The highest BCUT2D eigenvalue weighted by Crippen LogP contribution is 2.32. The maximum absolute atomic E-state index is 13.0. The van der Waals surface area contributed by atoms with Gasteiger partial charge in [0.1, 0.15) is 6.10 Å². The number of likely N-dealkylation sites (tertiary alicyclic amines) is 1. The van der Waals surface area contributed by atoms with Crippen molar-refractivity contribution in [1.29, 1.82) is 0 Å². The summed E-state index contributed by atoms with van der Waals surface area (Å²) in [6, 6.07) is 5.41. The molecular weight excluding hydrogens is 381 g/mol. The molecule has 0 amide bonds. The van der Waals surface area contributed by atoms with Crippen molar-refractivity contribution in [3.8, 4) is 0 Å². The lowest BCUT2D eigenvalue weighted by Crippen LogP contribution is -2.49. The van der Waals surface area contributed by atoms with Gasteiger partial charge in [0.05, 0.1) is 18.7 Å². The van der Waals surface area contributed by atoms with Gasteiger partial charge < -0.3 is 19.9 Å². The van der Waals surface area contributed by atoms with Gasteiger partial charge in [0.25, 0.3) is 0 Å². The number of nitrogens with zero attached hydrogens (tertiary/aromatic N) is 3. The quantitative estimate of drug-likeness (QED) is 0.595. The molecule has 162 valence electrons. The normalized spacial score (nSPS) is 24.2. The van der Waals surface area contributed by atoms with Crippen molar-refractivity contribution in [2.45, 2.75) is 32.0 Å². The highest BCUT2D eigenvalue weighted by atomic mass is 19.4. The largest absolute Gasteiger partial charge is 0.416 e. The lowest BCUT2D eigenvalue weighted by atomic mass is 10.0. The molecule has 5 nitrogen and oxygen atoms in total. The number of ether oxygens (including phenoxy) is 1. The van der Waals surface area contributed by atoms with Crippen molar-refractivity contribution in [3.05, 3.63) is 35.4 Å². The first-order chi connectivity index (χ1) is 13.9. The van der Waals surface area contributed by atoms with Crippen LogP contribution in [-0.4, -0.2) is 68.7 Å². The minimum absolute atomic E-state index is 0.406. The topological polar surface area (TPSA) is 40.1 Å². The Morgan fingerprint density at radius 3 is 2.83 bits per heavy atom. The van der Waals surface area contributed by atoms with Gasteiger partial charge in [0.15, 0.2) is 5.96 Å². The van der Waals surface area contributed by atoms with E-state index in [0.717, 1.165) is 38.2 Å². The van der Waals surface area contributed by atoms with E-state index in [1.165, 1.54) is 25.0 Å². The van der Waals surface area contributed by atoms with E-state index >= 15 is 0 Å². The van der Waals surface area contributed by atoms with Gasteiger partial charge in [0, 0.05) is 26.7 Å². The lowest BCUT2D eigenvalue weighted by Gasteiger charge is -2.35. The van der Waals surface area contributed by atoms with Gasteiger partial charge in [-0.15, -0.1) is 0 Å². The summed E-state index contributed by atoms with van der Waals surface area (Å²) in [7, 11) is 1.75. The maximum Gasteiger partial charge on any atom is 0.416 e. The minimum atomic E-state index is -4.35. The van der Waals surface area contributed by atoms with Crippen LogP contribution >= 0.6 is 0 Å². The standard InChI is InChI=1S/C21H31F3N4O/c1-3-8-27-9-7-16(14-27)13-26-20(25-2)28-10-11-29-19(15-28)17-5-4-6-18(12-17)21(22,23)24/h4-6,12,16,19H,3,7-11,13-15H2,1-2H3,(H,25,26). The molecule has 2 fully saturated rings. The van der Waals surface area contributed by atoms with Crippen LogP contribution in [0.4, 0.5) is 13.2 Å². The van der Waals surface area contributed by atoms with Crippen LogP contribution in [0, 0.1) is 5.92 Å². The van der Waals surface area contributed by atoms with E-state index in [1.54, 1.807) is 13.1 Å². The molecule has 0 spiro atoms. The molecular formula is C21H31F3N4O. The molecule has 0 aromatic heterocycles. The van der Waals surface area contributed by atoms with E-state index < -0.39 is 17.8 Å². The number of nitrogens with one attached hydrogen (secondary N) is 1. The SMILES string of the molecule is CCCN1CCC(CNC(=NC)N2CCOC(c3cccc(C(F)(F)F)c3)C2)C1. The van der Waals surface area contributed by atoms with Gasteiger partial charge in [-0.3, -0.25) is 4.99 Å². The molecule has 29 heavy (non-hydrogen) atoms. The van der Waals surface area contributed by atoms with Gasteiger partial charge in [-0.2, -0.15) is 13.2 Å². The molecule has 2 aliphatic rings. The summed E-state index contributed by atoms with van der Waals surface area (Å²) in [4.78, 5) is 8.97. The molecule has 2 unspecified atom stereocenters. The van der Waals surface area contributed by atoms with Crippen molar-refractivity contribution < 1.29 is 17.9 Å². The molecule has 0 aliphatic carbocycles. The van der Waals surface area contributed by atoms with Crippen LogP contribution in [0.25, 0.3) is 0 Å². The predicted molar refractivity (Wildman–Crippen MR) is 108 cm³/mol. The minimum Gasteiger partial charge on any atom is -0.370 e. The first-order valence-electron chi connectivity index (χ1n) is 10.4. The van der Waals surface area contributed by atoms with Crippen molar-refractivity contribution >= 4 is 5.96 Å². The number of aliphatic imine (C=N–C) groups is 1.